The number of nitrogens with two attached hydrogens (primary N) is 1. The summed E-state index contributed by atoms with van der Waals surface area (Å²) in [6.45, 7) is 4.18. The molecule has 5 rings (SSSR count). The lowest BCUT2D eigenvalue weighted by Gasteiger charge is -2.22. The summed E-state index contributed by atoms with van der Waals surface area (Å²) in [6, 6.07) is 8.07. The molecular weight excluding hydrogens is 394 g/mol. The molecule has 1 saturated carbocycles. The summed E-state index contributed by atoms with van der Waals surface area (Å²) in [5.41, 5.74) is 8.35. The third-order valence-electron chi connectivity index (χ3n) is 5.49. The highest BCUT2D eigenvalue weighted by molar-refractivity contribution is 7.16. The summed E-state index contributed by atoms with van der Waals surface area (Å²) in [4.78, 5) is 14.9. The predicted octanol–water partition coefficient (Wildman–Crippen LogP) is 5.12. The van der Waals surface area contributed by atoms with Gasteiger partial charge in [-0.2, -0.15) is 5.10 Å². The number of aromatic nitrogens is 5. The molecule has 0 atom stereocenters. The monoisotopic (exact) mass is 417 g/mol. The molecule has 0 radical (unpaired) electrons. The molecule has 0 bridgehead atoms. The maximum Gasteiger partial charge on any atom is 0.165 e. The van der Waals surface area contributed by atoms with Crippen LogP contribution < -0.4 is 11.1 Å². The smallest absolute Gasteiger partial charge is 0.165 e. The number of hydrogen-bond donors (Lipinski definition) is 2. The number of anilines is 2. The van der Waals surface area contributed by atoms with Crippen molar-refractivity contribution in [2.45, 2.75) is 38.1 Å². The van der Waals surface area contributed by atoms with Crippen molar-refractivity contribution in [3.8, 4) is 11.4 Å². The molecule has 0 aliphatic heterocycles. The minimum absolute atomic E-state index is 0.376. The van der Waals surface area contributed by atoms with E-state index < -0.39 is 0 Å². The van der Waals surface area contributed by atoms with Gasteiger partial charge in [0.05, 0.1) is 27.5 Å². The van der Waals surface area contributed by atoms with Crippen molar-refractivity contribution in [2.24, 2.45) is 0 Å². The summed E-state index contributed by atoms with van der Waals surface area (Å²) in [7, 11) is 0. The largest absolute Gasteiger partial charge is 0.391 e. The quantitative estimate of drug-likeness (QED) is 0.468. The maximum atomic E-state index is 5.89. The lowest BCUT2D eigenvalue weighted by Crippen LogP contribution is -2.14. The molecule has 0 aromatic carbocycles. The molecule has 4 aromatic rings. The highest BCUT2D eigenvalue weighted by Gasteiger charge is 2.22. The van der Waals surface area contributed by atoms with Crippen LogP contribution in [-0.4, -0.2) is 24.7 Å². The highest BCUT2D eigenvalue weighted by Crippen LogP contribution is 2.34. The average molecular weight is 418 g/mol. The van der Waals surface area contributed by atoms with E-state index in [1.54, 1.807) is 12.4 Å². The minimum Gasteiger partial charge on any atom is -0.391 e. The Balaban J connectivity index is 1.61. The van der Waals surface area contributed by atoms with Crippen LogP contribution in [0.1, 0.15) is 43.0 Å². The maximum absolute atomic E-state index is 5.89. The second-order valence-corrected chi connectivity index (χ2v) is 8.68. The topological polar surface area (TPSA) is 94.5 Å². The van der Waals surface area contributed by atoms with Crippen LogP contribution >= 0.6 is 11.3 Å². The molecular formula is C22H23N7S. The molecule has 4 heterocycles. The molecule has 4 aromatic heterocycles. The van der Waals surface area contributed by atoms with Crippen LogP contribution in [0.5, 0.6) is 0 Å². The number of nitrogen functional groups attached to an aromatic ring is 1. The number of rotatable bonds is 5. The molecule has 3 N–H and O–H groups in total. The van der Waals surface area contributed by atoms with Gasteiger partial charge in [0.1, 0.15) is 5.82 Å². The first-order chi connectivity index (χ1) is 14.7. The Morgan fingerprint density at radius 2 is 2.00 bits per heavy atom. The Morgan fingerprint density at radius 1 is 1.13 bits per heavy atom. The third-order valence-corrected chi connectivity index (χ3v) is 6.46. The van der Waals surface area contributed by atoms with Gasteiger partial charge in [-0.15, -0.1) is 11.3 Å². The van der Waals surface area contributed by atoms with Gasteiger partial charge in [0.15, 0.2) is 11.5 Å². The zero-order valence-electron chi connectivity index (χ0n) is 16.6. The van der Waals surface area contributed by atoms with Crippen molar-refractivity contribution in [2.75, 3.05) is 11.1 Å². The fourth-order valence-corrected chi connectivity index (χ4v) is 4.66. The first-order valence-electron chi connectivity index (χ1n) is 10.2. The van der Waals surface area contributed by atoms with E-state index in [0.29, 0.717) is 17.7 Å². The summed E-state index contributed by atoms with van der Waals surface area (Å²) in [5, 5.41) is 9.73. The Morgan fingerprint density at radius 3 is 2.73 bits per heavy atom. The van der Waals surface area contributed by atoms with Gasteiger partial charge < -0.3 is 11.1 Å². The van der Waals surface area contributed by atoms with Gasteiger partial charge in [-0.1, -0.05) is 25.8 Å². The van der Waals surface area contributed by atoms with E-state index in [0.717, 1.165) is 45.0 Å². The molecule has 152 valence electrons. The molecule has 0 saturated heterocycles. The van der Waals surface area contributed by atoms with Crippen molar-refractivity contribution < 1.29 is 0 Å². The van der Waals surface area contributed by atoms with E-state index >= 15 is 0 Å². The normalized spacial score (nSPS) is 14.8. The summed E-state index contributed by atoms with van der Waals surface area (Å²) < 4.78 is 2.08. The number of fused-ring (bicyclic) bond motifs is 1. The fraction of sp³-hybridized carbons (Fsp3) is 0.273. The van der Waals surface area contributed by atoms with E-state index in [-0.39, 0.29) is 0 Å². The Bertz CT molecular complexity index is 1190. The molecule has 1 fully saturated rings. The first kappa shape index (κ1) is 18.7. The van der Waals surface area contributed by atoms with Gasteiger partial charge in [-0.3, -0.25) is 4.98 Å². The summed E-state index contributed by atoms with van der Waals surface area (Å²) in [5.74, 6) is 1.31. The summed E-state index contributed by atoms with van der Waals surface area (Å²) in [6.07, 6.45) is 11.4. The van der Waals surface area contributed by atoms with Gasteiger partial charge in [-0.05, 0) is 37.1 Å². The van der Waals surface area contributed by atoms with E-state index in [1.165, 1.54) is 30.6 Å². The van der Waals surface area contributed by atoms with E-state index in [2.05, 4.69) is 21.6 Å². The van der Waals surface area contributed by atoms with Crippen LogP contribution in [0.3, 0.4) is 0 Å². The second kappa shape index (κ2) is 7.87. The van der Waals surface area contributed by atoms with Crippen molar-refractivity contribution in [1.29, 1.82) is 0 Å². The Kier molecular flexibility index (Phi) is 4.92. The molecule has 1 aliphatic carbocycles. The molecule has 0 unspecified atom stereocenters. The fourth-order valence-electron chi connectivity index (χ4n) is 3.96. The van der Waals surface area contributed by atoms with Crippen LogP contribution in [0, 0.1) is 0 Å². The molecule has 7 nitrogen and oxygen atoms in total. The minimum atomic E-state index is 0.376. The standard InChI is InChI=1S/C22H23N7S/c1-14(18-9-10-19(23)30-18)26-21-17-13-25-29(16-7-3-2-4-8-16)22(17)28-20(27-21)15-6-5-11-24-12-15/h5-6,9-13,16H,1-4,7-8,23H2,(H,26,27,28). The number of thiophene rings is 1. The van der Waals surface area contributed by atoms with Crippen LogP contribution in [0.4, 0.5) is 10.8 Å². The molecule has 0 amide bonds. The van der Waals surface area contributed by atoms with Crippen LogP contribution in [0.25, 0.3) is 28.1 Å². The van der Waals surface area contributed by atoms with Gasteiger partial charge in [0.2, 0.25) is 0 Å². The van der Waals surface area contributed by atoms with Crippen molar-refractivity contribution in [3.05, 3.63) is 54.3 Å². The highest BCUT2D eigenvalue weighted by atomic mass is 32.1. The molecule has 30 heavy (non-hydrogen) atoms. The van der Waals surface area contributed by atoms with E-state index in [4.69, 9.17) is 20.8 Å². The van der Waals surface area contributed by atoms with Gasteiger partial charge >= 0.3 is 0 Å². The predicted molar refractivity (Wildman–Crippen MR) is 122 cm³/mol. The zero-order valence-corrected chi connectivity index (χ0v) is 17.4. The average Bonchev–Trinajstić information content (AvgIpc) is 3.41. The lowest BCUT2D eigenvalue weighted by molar-refractivity contribution is 0.336. The third kappa shape index (κ3) is 3.54. The molecule has 1 aliphatic rings. The first-order valence-corrected chi connectivity index (χ1v) is 11.0. The second-order valence-electron chi connectivity index (χ2n) is 7.56. The Labute approximate surface area is 178 Å². The van der Waals surface area contributed by atoms with Crippen molar-refractivity contribution in [1.82, 2.24) is 24.7 Å². The SMILES string of the molecule is C=C(Nc1nc(-c2cccnc2)nc2c1cnn2C1CCCCC1)c1ccc(N)s1. The number of pyridine rings is 1. The van der Waals surface area contributed by atoms with Gasteiger partial charge in [0, 0.05) is 23.7 Å². The van der Waals surface area contributed by atoms with Gasteiger partial charge in [-0.25, -0.2) is 14.6 Å². The number of hydrogen-bond acceptors (Lipinski definition) is 7. The van der Waals surface area contributed by atoms with Crippen molar-refractivity contribution in [3.63, 3.8) is 0 Å². The van der Waals surface area contributed by atoms with E-state index in [9.17, 15) is 0 Å². The van der Waals surface area contributed by atoms with Crippen molar-refractivity contribution >= 4 is 38.9 Å². The van der Waals surface area contributed by atoms with Crippen LogP contribution in [-0.2, 0) is 0 Å². The van der Waals surface area contributed by atoms with Gasteiger partial charge in [0.25, 0.3) is 0 Å². The number of nitrogens with one attached hydrogen (secondary N) is 1. The lowest BCUT2D eigenvalue weighted by atomic mass is 9.96. The molecule has 0 spiro atoms. The Hall–Kier alpha value is -3.26. The number of nitrogens with zero attached hydrogens (tertiary/aromatic N) is 5. The van der Waals surface area contributed by atoms with E-state index in [1.807, 2.05) is 30.5 Å². The van der Waals surface area contributed by atoms with Crippen LogP contribution in [0.2, 0.25) is 0 Å². The van der Waals surface area contributed by atoms with Crippen LogP contribution in [0.15, 0.2) is 49.4 Å². The zero-order chi connectivity index (χ0) is 20.5. The molecule has 8 heteroatoms. The summed E-state index contributed by atoms with van der Waals surface area (Å²) >= 11 is 1.49.